The van der Waals surface area contributed by atoms with E-state index >= 15 is 0 Å². The number of rotatable bonds is 4. The lowest BCUT2D eigenvalue weighted by molar-refractivity contribution is 0.0477. The van der Waals surface area contributed by atoms with Crippen molar-refractivity contribution in [1.29, 1.82) is 0 Å². The molecule has 0 atom stereocenters. The van der Waals surface area contributed by atoms with Crippen LogP contribution in [-0.2, 0) is 17.8 Å². The van der Waals surface area contributed by atoms with E-state index in [9.17, 15) is 4.79 Å². The van der Waals surface area contributed by atoms with Crippen molar-refractivity contribution >= 4 is 38.9 Å². The minimum Gasteiger partial charge on any atom is -0.456 e. The summed E-state index contributed by atoms with van der Waals surface area (Å²) in [5.74, 6) is -0.356. The molecule has 0 saturated carbocycles. The lowest BCUT2D eigenvalue weighted by Crippen LogP contribution is -2.05. The zero-order chi connectivity index (χ0) is 13.8. The van der Waals surface area contributed by atoms with Crippen LogP contribution in [0.5, 0.6) is 0 Å². The molecule has 1 heterocycles. The Hall–Kier alpha value is -1.33. The summed E-state index contributed by atoms with van der Waals surface area (Å²) < 4.78 is 6.04. The molecule has 2 aromatic rings. The van der Waals surface area contributed by atoms with Gasteiger partial charge < -0.3 is 10.5 Å². The van der Waals surface area contributed by atoms with Crippen LogP contribution >= 0.6 is 27.3 Å². The van der Waals surface area contributed by atoms with E-state index in [-0.39, 0.29) is 5.97 Å². The van der Waals surface area contributed by atoms with Gasteiger partial charge in [0, 0.05) is 19.9 Å². The maximum atomic E-state index is 11.9. The van der Waals surface area contributed by atoms with Crippen molar-refractivity contribution < 1.29 is 9.53 Å². The first-order chi connectivity index (χ1) is 9.10. The summed E-state index contributed by atoms with van der Waals surface area (Å²) in [5.41, 5.74) is 6.73. The lowest BCUT2D eigenvalue weighted by atomic mass is 10.2. The molecule has 0 aliphatic carbocycles. The number of hydrogen-bond donors (Lipinski definition) is 1. The maximum Gasteiger partial charge on any atom is 0.338 e. The van der Waals surface area contributed by atoms with Crippen molar-refractivity contribution in [2.75, 3.05) is 5.73 Å². The first kappa shape index (κ1) is 14.1. The van der Waals surface area contributed by atoms with Crippen molar-refractivity contribution in [2.45, 2.75) is 20.0 Å². The van der Waals surface area contributed by atoms with Crippen LogP contribution in [0.1, 0.15) is 27.0 Å². The Bertz CT molecular complexity index is 595. The number of benzene rings is 1. The Labute approximate surface area is 124 Å². The van der Waals surface area contributed by atoms with Crippen LogP contribution in [0.25, 0.3) is 0 Å². The van der Waals surface area contributed by atoms with Crippen molar-refractivity contribution in [3.05, 3.63) is 50.1 Å². The number of thiophene rings is 1. The average Bonchev–Trinajstić information content (AvgIpc) is 2.87. The van der Waals surface area contributed by atoms with E-state index < -0.39 is 0 Å². The smallest absolute Gasteiger partial charge is 0.338 e. The molecule has 0 bridgehead atoms. The molecule has 19 heavy (non-hydrogen) atoms. The predicted octanol–water partition coefficient (Wildman–Crippen LogP) is 4.01. The fraction of sp³-hybridized carbons (Fsp3) is 0.214. The minimum absolute atomic E-state index is 0.305. The summed E-state index contributed by atoms with van der Waals surface area (Å²) in [6, 6.07) is 9.09. The molecule has 5 heteroatoms. The molecule has 0 amide bonds. The van der Waals surface area contributed by atoms with Crippen molar-refractivity contribution in [3.8, 4) is 0 Å². The molecule has 3 nitrogen and oxygen atoms in total. The van der Waals surface area contributed by atoms with Crippen LogP contribution in [0.4, 0.5) is 5.69 Å². The summed E-state index contributed by atoms with van der Waals surface area (Å²) >= 11 is 4.96. The van der Waals surface area contributed by atoms with E-state index in [0.29, 0.717) is 17.9 Å². The van der Waals surface area contributed by atoms with Gasteiger partial charge in [-0.25, -0.2) is 4.79 Å². The van der Waals surface area contributed by atoms with Gasteiger partial charge in [-0.2, -0.15) is 0 Å². The molecule has 0 fully saturated rings. The first-order valence-electron chi connectivity index (χ1n) is 5.90. The zero-order valence-electron chi connectivity index (χ0n) is 10.5. The summed E-state index contributed by atoms with van der Waals surface area (Å²) in [4.78, 5) is 14.2. The third kappa shape index (κ3) is 3.58. The van der Waals surface area contributed by atoms with Crippen molar-refractivity contribution in [1.82, 2.24) is 0 Å². The number of halogens is 1. The van der Waals surface area contributed by atoms with Gasteiger partial charge in [-0.3, -0.25) is 0 Å². The first-order valence-corrected chi connectivity index (χ1v) is 7.51. The fourth-order valence-electron chi connectivity index (χ4n) is 1.58. The molecule has 0 radical (unpaired) electrons. The number of esters is 1. The van der Waals surface area contributed by atoms with Crippen LogP contribution in [0.3, 0.4) is 0 Å². The Kier molecular flexibility index (Phi) is 4.61. The molecule has 1 aromatic carbocycles. The minimum atomic E-state index is -0.356. The number of carbonyl (C=O) groups is 1. The Morgan fingerprint density at radius 1 is 1.32 bits per heavy atom. The molecular formula is C14H14BrNO2S. The summed E-state index contributed by atoms with van der Waals surface area (Å²) in [6.07, 6.45) is 1.00. The number of carbonyl (C=O) groups excluding carboxylic acids is 1. The number of ether oxygens (including phenoxy) is 1. The number of aryl methyl sites for hydroxylation is 1. The Balaban J connectivity index is 1.99. The van der Waals surface area contributed by atoms with Crippen LogP contribution in [0, 0.1) is 0 Å². The van der Waals surface area contributed by atoms with Gasteiger partial charge in [-0.05, 0) is 52.7 Å². The third-order valence-electron chi connectivity index (χ3n) is 2.64. The van der Waals surface area contributed by atoms with E-state index in [1.165, 1.54) is 4.88 Å². The molecular weight excluding hydrogens is 326 g/mol. The van der Waals surface area contributed by atoms with Crippen molar-refractivity contribution in [2.24, 2.45) is 0 Å². The largest absolute Gasteiger partial charge is 0.456 e. The van der Waals surface area contributed by atoms with E-state index in [1.54, 1.807) is 29.5 Å². The standard InChI is InChI=1S/C14H14BrNO2S/c1-2-10-4-5-11(19-10)8-18-14(17)9-3-6-12(15)13(16)7-9/h3-7H,2,8,16H2,1H3. The van der Waals surface area contributed by atoms with Gasteiger partial charge in [0.05, 0.1) is 5.56 Å². The molecule has 0 saturated heterocycles. The second-order valence-corrected chi connectivity index (χ2v) is 6.14. The highest BCUT2D eigenvalue weighted by atomic mass is 79.9. The number of anilines is 1. The average molecular weight is 340 g/mol. The molecule has 0 aliphatic rings. The molecule has 100 valence electrons. The number of nitrogen functional groups attached to an aromatic ring is 1. The quantitative estimate of drug-likeness (QED) is 0.676. The molecule has 2 N–H and O–H groups in total. The zero-order valence-corrected chi connectivity index (χ0v) is 12.9. The van der Waals surface area contributed by atoms with Gasteiger partial charge in [-0.1, -0.05) is 6.92 Å². The Morgan fingerprint density at radius 2 is 2.05 bits per heavy atom. The normalized spacial score (nSPS) is 10.4. The highest BCUT2D eigenvalue weighted by molar-refractivity contribution is 9.10. The topological polar surface area (TPSA) is 52.3 Å². The second kappa shape index (κ2) is 6.21. The number of nitrogens with two attached hydrogens (primary N) is 1. The number of hydrogen-bond acceptors (Lipinski definition) is 4. The third-order valence-corrected chi connectivity index (χ3v) is 4.57. The van der Waals surface area contributed by atoms with Crippen LogP contribution in [-0.4, -0.2) is 5.97 Å². The summed E-state index contributed by atoms with van der Waals surface area (Å²) in [7, 11) is 0. The Morgan fingerprint density at radius 3 is 2.68 bits per heavy atom. The second-order valence-electron chi connectivity index (χ2n) is 4.03. The van der Waals surface area contributed by atoms with Gasteiger partial charge in [0.1, 0.15) is 6.61 Å². The fourth-order valence-corrected chi connectivity index (χ4v) is 2.70. The van der Waals surface area contributed by atoms with Crippen LogP contribution < -0.4 is 5.73 Å². The van der Waals surface area contributed by atoms with E-state index in [2.05, 4.69) is 28.9 Å². The van der Waals surface area contributed by atoms with E-state index in [0.717, 1.165) is 15.8 Å². The van der Waals surface area contributed by atoms with Gasteiger partial charge >= 0.3 is 5.97 Å². The molecule has 1 aromatic heterocycles. The lowest BCUT2D eigenvalue weighted by Gasteiger charge is -2.05. The van der Waals surface area contributed by atoms with E-state index in [4.69, 9.17) is 10.5 Å². The summed E-state index contributed by atoms with van der Waals surface area (Å²) in [5, 5.41) is 0. The molecule has 0 aliphatic heterocycles. The molecule has 0 unspecified atom stereocenters. The molecule has 0 spiro atoms. The highest BCUT2D eigenvalue weighted by Gasteiger charge is 2.09. The van der Waals surface area contributed by atoms with Gasteiger partial charge in [0.2, 0.25) is 0 Å². The van der Waals surface area contributed by atoms with Gasteiger partial charge in [0.15, 0.2) is 0 Å². The highest BCUT2D eigenvalue weighted by Crippen LogP contribution is 2.22. The van der Waals surface area contributed by atoms with Gasteiger partial charge in [0.25, 0.3) is 0 Å². The van der Waals surface area contributed by atoms with Crippen molar-refractivity contribution in [3.63, 3.8) is 0 Å². The molecule has 2 rings (SSSR count). The van der Waals surface area contributed by atoms with Crippen LogP contribution in [0.2, 0.25) is 0 Å². The monoisotopic (exact) mass is 339 g/mol. The van der Waals surface area contributed by atoms with Gasteiger partial charge in [-0.15, -0.1) is 11.3 Å². The SMILES string of the molecule is CCc1ccc(COC(=O)c2ccc(Br)c(N)c2)s1. The summed E-state index contributed by atoms with van der Waals surface area (Å²) in [6.45, 7) is 2.41. The predicted molar refractivity (Wildman–Crippen MR) is 81.4 cm³/mol. The van der Waals surface area contributed by atoms with Crippen LogP contribution in [0.15, 0.2) is 34.8 Å². The van der Waals surface area contributed by atoms with E-state index in [1.807, 2.05) is 6.07 Å². The maximum absolute atomic E-state index is 11.9.